The van der Waals surface area contributed by atoms with Crippen molar-refractivity contribution in [2.24, 2.45) is 0 Å². The third-order valence-corrected chi connectivity index (χ3v) is 4.57. The number of aromatic nitrogens is 3. The summed E-state index contributed by atoms with van der Waals surface area (Å²) in [7, 11) is 0. The molecule has 8 nitrogen and oxygen atoms in total. The van der Waals surface area contributed by atoms with Crippen LogP contribution in [0.3, 0.4) is 0 Å². The fraction of sp³-hybridized carbons (Fsp3) is 0.500. The van der Waals surface area contributed by atoms with Gasteiger partial charge in [-0.2, -0.15) is 16.7 Å². The standard InChI is InChI=1S/C16H21N5O3S/c1-25-10-14-19-15(24-20-14)9-21-7-5-11(13(22)8-21)18-16(23)12-4-2-3-6-17-12/h2-4,6,11,13,22H,5,7-10H2,1H3,(H,18,23)/t11-,13-/m1/s1. The largest absolute Gasteiger partial charge is 0.390 e. The van der Waals surface area contributed by atoms with Crippen molar-refractivity contribution >= 4 is 17.7 Å². The summed E-state index contributed by atoms with van der Waals surface area (Å²) in [5.41, 5.74) is 0.351. The van der Waals surface area contributed by atoms with E-state index in [4.69, 9.17) is 4.52 Å². The Kier molecular flexibility index (Phi) is 6.00. The Balaban J connectivity index is 1.51. The molecule has 2 aromatic rings. The minimum absolute atomic E-state index is 0.267. The van der Waals surface area contributed by atoms with Crippen LogP contribution in [0.2, 0.25) is 0 Å². The number of aliphatic hydroxyl groups excluding tert-OH is 1. The molecule has 0 aliphatic carbocycles. The number of piperidine rings is 1. The van der Waals surface area contributed by atoms with Gasteiger partial charge in [-0.15, -0.1) is 0 Å². The minimum atomic E-state index is -0.657. The second kappa shape index (κ2) is 8.41. The second-order valence-corrected chi connectivity index (χ2v) is 6.79. The maximum atomic E-state index is 12.2. The summed E-state index contributed by atoms with van der Waals surface area (Å²) in [6.07, 6.45) is 3.54. The summed E-state index contributed by atoms with van der Waals surface area (Å²) in [5, 5.41) is 17.1. The van der Waals surface area contributed by atoms with Gasteiger partial charge >= 0.3 is 0 Å². The number of likely N-dealkylation sites (tertiary alicyclic amines) is 1. The molecular weight excluding hydrogens is 342 g/mol. The van der Waals surface area contributed by atoms with Gasteiger partial charge in [0.25, 0.3) is 5.91 Å². The Morgan fingerprint density at radius 2 is 2.40 bits per heavy atom. The Morgan fingerprint density at radius 1 is 1.52 bits per heavy atom. The number of β-amino-alcohol motifs (C(OH)–C–C–N with tert-alkyl or cyclic N) is 1. The number of thioether (sulfide) groups is 1. The monoisotopic (exact) mass is 363 g/mol. The van der Waals surface area contributed by atoms with Crippen molar-refractivity contribution in [2.75, 3.05) is 19.3 Å². The lowest BCUT2D eigenvalue weighted by Crippen LogP contribution is -2.53. The summed E-state index contributed by atoms with van der Waals surface area (Å²) >= 11 is 1.63. The molecule has 0 unspecified atom stereocenters. The Bertz CT molecular complexity index is 696. The number of carbonyl (C=O) groups excluding carboxylic acids is 1. The van der Waals surface area contributed by atoms with Gasteiger partial charge in [0.15, 0.2) is 5.82 Å². The van der Waals surface area contributed by atoms with Crippen LogP contribution in [-0.4, -0.2) is 62.5 Å². The number of amides is 1. The van der Waals surface area contributed by atoms with Crippen LogP contribution in [0, 0.1) is 0 Å². The Hall–Kier alpha value is -1.97. The number of nitrogens with one attached hydrogen (secondary N) is 1. The predicted octanol–water partition coefficient (Wildman–Crippen LogP) is 0.693. The SMILES string of the molecule is CSCc1noc(CN2CC[C@@H](NC(=O)c3ccccn3)[C@H](O)C2)n1. The van der Waals surface area contributed by atoms with Crippen molar-refractivity contribution in [3.8, 4) is 0 Å². The van der Waals surface area contributed by atoms with Gasteiger partial charge in [0.1, 0.15) is 5.69 Å². The Labute approximate surface area is 150 Å². The molecular formula is C16H21N5O3S. The fourth-order valence-corrected chi connectivity index (χ4v) is 3.16. The summed E-state index contributed by atoms with van der Waals surface area (Å²) in [5.74, 6) is 1.68. The van der Waals surface area contributed by atoms with Crippen molar-refractivity contribution in [2.45, 2.75) is 30.9 Å². The molecule has 1 aliphatic rings. The lowest BCUT2D eigenvalue weighted by Gasteiger charge is -2.35. The van der Waals surface area contributed by atoms with Crippen LogP contribution in [0.4, 0.5) is 0 Å². The van der Waals surface area contributed by atoms with Gasteiger partial charge in [-0.25, -0.2) is 0 Å². The molecule has 0 spiro atoms. The highest BCUT2D eigenvalue weighted by Crippen LogP contribution is 2.15. The van der Waals surface area contributed by atoms with Gasteiger partial charge in [-0.05, 0) is 24.8 Å². The molecule has 0 aromatic carbocycles. The summed E-state index contributed by atoms with van der Waals surface area (Å²) < 4.78 is 5.23. The molecule has 1 fully saturated rings. The zero-order valence-electron chi connectivity index (χ0n) is 14.0. The predicted molar refractivity (Wildman–Crippen MR) is 92.9 cm³/mol. The van der Waals surface area contributed by atoms with Crippen molar-refractivity contribution in [1.29, 1.82) is 0 Å². The summed E-state index contributed by atoms with van der Waals surface area (Å²) in [6, 6.07) is 4.88. The van der Waals surface area contributed by atoms with Gasteiger partial charge in [-0.1, -0.05) is 11.2 Å². The van der Waals surface area contributed by atoms with E-state index in [0.717, 1.165) is 6.54 Å². The van der Waals surface area contributed by atoms with Crippen LogP contribution in [0.1, 0.15) is 28.6 Å². The number of carbonyl (C=O) groups is 1. The van der Waals surface area contributed by atoms with Gasteiger partial charge in [-0.3, -0.25) is 14.7 Å². The molecule has 1 saturated heterocycles. The number of rotatable bonds is 6. The highest BCUT2D eigenvalue weighted by molar-refractivity contribution is 7.97. The van der Waals surface area contributed by atoms with E-state index in [1.807, 2.05) is 11.2 Å². The minimum Gasteiger partial charge on any atom is -0.390 e. The van der Waals surface area contributed by atoms with Crippen molar-refractivity contribution < 1.29 is 14.4 Å². The van der Waals surface area contributed by atoms with Crippen molar-refractivity contribution in [1.82, 2.24) is 25.3 Å². The van der Waals surface area contributed by atoms with E-state index in [0.29, 0.717) is 42.7 Å². The van der Waals surface area contributed by atoms with Crippen molar-refractivity contribution in [3.05, 3.63) is 41.8 Å². The molecule has 1 amide bonds. The van der Waals surface area contributed by atoms with Gasteiger partial charge in [0.2, 0.25) is 5.89 Å². The van der Waals surface area contributed by atoms with E-state index >= 15 is 0 Å². The van der Waals surface area contributed by atoms with Crippen LogP contribution in [0.5, 0.6) is 0 Å². The van der Waals surface area contributed by atoms with Gasteiger partial charge in [0, 0.05) is 19.3 Å². The van der Waals surface area contributed by atoms with Crippen LogP contribution < -0.4 is 5.32 Å². The number of aliphatic hydroxyl groups is 1. The number of hydrogen-bond acceptors (Lipinski definition) is 8. The fourth-order valence-electron chi connectivity index (χ4n) is 2.78. The molecule has 3 heterocycles. The van der Waals surface area contributed by atoms with E-state index < -0.39 is 6.10 Å². The quantitative estimate of drug-likeness (QED) is 0.773. The average molecular weight is 363 g/mol. The maximum absolute atomic E-state index is 12.2. The normalized spacial score (nSPS) is 21.2. The molecule has 2 aromatic heterocycles. The number of hydrogen-bond donors (Lipinski definition) is 2. The van der Waals surface area contributed by atoms with Crippen LogP contribution in [0.15, 0.2) is 28.9 Å². The molecule has 2 atom stereocenters. The first-order valence-electron chi connectivity index (χ1n) is 8.08. The van der Waals surface area contributed by atoms with E-state index in [2.05, 4.69) is 20.4 Å². The lowest BCUT2D eigenvalue weighted by atomic mass is 10.0. The molecule has 134 valence electrons. The number of nitrogens with zero attached hydrogens (tertiary/aromatic N) is 4. The first-order chi connectivity index (χ1) is 12.2. The molecule has 1 aliphatic heterocycles. The molecule has 0 saturated carbocycles. The highest BCUT2D eigenvalue weighted by Gasteiger charge is 2.30. The molecule has 9 heteroatoms. The van der Waals surface area contributed by atoms with E-state index in [-0.39, 0.29) is 11.9 Å². The topological polar surface area (TPSA) is 104 Å². The molecule has 2 N–H and O–H groups in total. The lowest BCUT2D eigenvalue weighted by molar-refractivity contribution is 0.0312. The molecule has 3 rings (SSSR count). The highest BCUT2D eigenvalue weighted by atomic mass is 32.2. The van der Waals surface area contributed by atoms with E-state index in [1.54, 1.807) is 36.2 Å². The zero-order valence-corrected chi connectivity index (χ0v) is 14.8. The third-order valence-electron chi connectivity index (χ3n) is 4.02. The van der Waals surface area contributed by atoms with Crippen LogP contribution >= 0.6 is 11.8 Å². The smallest absolute Gasteiger partial charge is 0.270 e. The first-order valence-corrected chi connectivity index (χ1v) is 9.48. The zero-order chi connectivity index (χ0) is 17.6. The number of pyridine rings is 1. The van der Waals surface area contributed by atoms with E-state index in [1.165, 1.54) is 0 Å². The molecule has 25 heavy (non-hydrogen) atoms. The van der Waals surface area contributed by atoms with Crippen molar-refractivity contribution in [3.63, 3.8) is 0 Å². The van der Waals surface area contributed by atoms with Crippen LogP contribution in [0.25, 0.3) is 0 Å². The molecule has 0 radical (unpaired) electrons. The maximum Gasteiger partial charge on any atom is 0.270 e. The third kappa shape index (κ3) is 4.77. The second-order valence-electron chi connectivity index (χ2n) is 5.92. The summed E-state index contributed by atoms with van der Waals surface area (Å²) in [6.45, 7) is 1.66. The van der Waals surface area contributed by atoms with Gasteiger partial charge < -0.3 is 14.9 Å². The molecule has 0 bridgehead atoms. The van der Waals surface area contributed by atoms with E-state index in [9.17, 15) is 9.90 Å². The summed E-state index contributed by atoms with van der Waals surface area (Å²) in [4.78, 5) is 22.6. The first kappa shape index (κ1) is 17.8. The van der Waals surface area contributed by atoms with Gasteiger partial charge in [0.05, 0.1) is 24.4 Å². The average Bonchev–Trinajstić information content (AvgIpc) is 3.05. The van der Waals surface area contributed by atoms with Crippen LogP contribution in [-0.2, 0) is 12.3 Å². The Morgan fingerprint density at radius 3 is 3.12 bits per heavy atom.